The summed E-state index contributed by atoms with van der Waals surface area (Å²) in [5, 5.41) is 10.4. The zero-order chi connectivity index (χ0) is 10.0. The lowest BCUT2D eigenvalue weighted by atomic mass is 10.2. The molecule has 1 aromatic rings. The van der Waals surface area contributed by atoms with E-state index in [9.17, 15) is 14.5 Å². The lowest BCUT2D eigenvalue weighted by Gasteiger charge is -2.04. The van der Waals surface area contributed by atoms with Gasteiger partial charge in [-0.05, 0) is 6.07 Å². The van der Waals surface area contributed by atoms with Crippen molar-refractivity contribution in [2.75, 3.05) is 12.8 Å². The van der Waals surface area contributed by atoms with Crippen LogP contribution in [0.3, 0.4) is 0 Å². The summed E-state index contributed by atoms with van der Waals surface area (Å²) in [4.78, 5) is 9.71. The van der Waals surface area contributed by atoms with E-state index in [0.717, 1.165) is 12.1 Å². The van der Waals surface area contributed by atoms with Gasteiger partial charge in [-0.1, -0.05) is 0 Å². The van der Waals surface area contributed by atoms with E-state index >= 15 is 0 Å². The van der Waals surface area contributed by atoms with Gasteiger partial charge < -0.3 is 10.5 Å². The highest BCUT2D eigenvalue weighted by Crippen LogP contribution is 2.34. The van der Waals surface area contributed by atoms with Crippen LogP contribution in [0.15, 0.2) is 12.1 Å². The van der Waals surface area contributed by atoms with Crippen LogP contribution in [0.2, 0.25) is 0 Å². The van der Waals surface area contributed by atoms with Crippen LogP contribution in [0.5, 0.6) is 5.75 Å². The van der Waals surface area contributed by atoms with E-state index in [1.54, 1.807) is 0 Å². The van der Waals surface area contributed by atoms with Gasteiger partial charge in [-0.15, -0.1) is 0 Å². The van der Waals surface area contributed by atoms with Crippen LogP contribution in [-0.2, 0) is 0 Å². The number of methoxy groups -OCH3 is 1. The largest absolute Gasteiger partial charge is 0.489 e. The van der Waals surface area contributed by atoms with Gasteiger partial charge in [-0.2, -0.15) is 0 Å². The summed E-state index contributed by atoms with van der Waals surface area (Å²) in [7, 11) is 1.19. The SMILES string of the molecule is COc1c([N+](=O)[O-])ccc(F)c1N. The molecule has 13 heavy (non-hydrogen) atoms. The number of benzene rings is 1. The molecule has 0 saturated heterocycles. The van der Waals surface area contributed by atoms with E-state index in [4.69, 9.17) is 5.73 Å². The van der Waals surface area contributed by atoms with Gasteiger partial charge in [0.2, 0.25) is 5.75 Å². The van der Waals surface area contributed by atoms with Crippen molar-refractivity contribution in [3.05, 3.63) is 28.1 Å². The van der Waals surface area contributed by atoms with Crippen LogP contribution in [0.4, 0.5) is 15.8 Å². The van der Waals surface area contributed by atoms with Gasteiger partial charge in [0, 0.05) is 6.07 Å². The molecular weight excluding hydrogens is 179 g/mol. The summed E-state index contributed by atoms with van der Waals surface area (Å²) in [6, 6.07) is 1.93. The Morgan fingerprint density at radius 1 is 1.62 bits per heavy atom. The fraction of sp³-hybridized carbons (Fsp3) is 0.143. The zero-order valence-corrected chi connectivity index (χ0v) is 6.78. The van der Waals surface area contributed by atoms with Crippen molar-refractivity contribution in [1.82, 2.24) is 0 Å². The van der Waals surface area contributed by atoms with Crippen LogP contribution in [0.1, 0.15) is 0 Å². The normalized spacial score (nSPS) is 9.69. The number of rotatable bonds is 2. The number of nitro benzene ring substituents is 1. The molecule has 0 aliphatic heterocycles. The van der Waals surface area contributed by atoms with Crippen LogP contribution in [0, 0.1) is 15.9 Å². The Bertz CT molecular complexity index is 354. The Balaban J connectivity index is 3.38. The summed E-state index contributed by atoms with van der Waals surface area (Å²) in [6.45, 7) is 0. The molecule has 0 aromatic heterocycles. The van der Waals surface area contributed by atoms with Gasteiger partial charge in [0.25, 0.3) is 0 Å². The van der Waals surface area contributed by atoms with Crippen LogP contribution < -0.4 is 10.5 Å². The molecule has 0 amide bonds. The number of nitrogens with zero attached hydrogens (tertiary/aromatic N) is 1. The Hall–Kier alpha value is -1.85. The van der Waals surface area contributed by atoms with Crippen molar-refractivity contribution in [2.24, 2.45) is 0 Å². The molecule has 1 aromatic carbocycles. The van der Waals surface area contributed by atoms with E-state index < -0.39 is 10.7 Å². The molecule has 0 unspecified atom stereocenters. The van der Waals surface area contributed by atoms with Crippen molar-refractivity contribution in [3.63, 3.8) is 0 Å². The quantitative estimate of drug-likeness (QED) is 0.429. The number of nitro groups is 1. The highest BCUT2D eigenvalue weighted by Gasteiger charge is 2.19. The second-order valence-corrected chi connectivity index (χ2v) is 2.27. The maximum atomic E-state index is 12.8. The maximum absolute atomic E-state index is 12.8. The summed E-state index contributed by atoms with van der Waals surface area (Å²) >= 11 is 0. The fourth-order valence-corrected chi connectivity index (χ4v) is 0.922. The van der Waals surface area contributed by atoms with Crippen molar-refractivity contribution < 1.29 is 14.1 Å². The summed E-state index contributed by atoms with van der Waals surface area (Å²) < 4.78 is 17.4. The first-order valence-corrected chi connectivity index (χ1v) is 3.34. The predicted molar refractivity (Wildman–Crippen MR) is 44.0 cm³/mol. The first kappa shape index (κ1) is 9.24. The van der Waals surface area contributed by atoms with Crippen molar-refractivity contribution >= 4 is 11.4 Å². The van der Waals surface area contributed by atoms with Gasteiger partial charge in [-0.3, -0.25) is 10.1 Å². The van der Waals surface area contributed by atoms with Gasteiger partial charge in [0.1, 0.15) is 11.5 Å². The number of halogens is 1. The maximum Gasteiger partial charge on any atom is 0.313 e. The monoisotopic (exact) mass is 186 g/mol. The van der Waals surface area contributed by atoms with Crippen LogP contribution >= 0.6 is 0 Å². The van der Waals surface area contributed by atoms with Gasteiger partial charge in [0.05, 0.1) is 12.0 Å². The average Bonchev–Trinajstić information content (AvgIpc) is 2.09. The Morgan fingerprint density at radius 2 is 2.23 bits per heavy atom. The fourth-order valence-electron chi connectivity index (χ4n) is 0.922. The highest BCUT2D eigenvalue weighted by atomic mass is 19.1. The predicted octanol–water partition coefficient (Wildman–Crippen LogP) is 1.32. The third-order valence-electron chi connectivity index (χ3n) is 1.52. The third-order valence-corrected chi connectivity index (χ3v) is 1.52. The number of nitrogens with two attached hydrogens (primary N) is 1. The molecule has 0 fully saturated rings. The number of ether oxygens (including phenoxy) is 1. The number of hydrogen-bond acceptors (Lipinski definition) is 4. The zero-order valence-electron chi connectivity index (χ0n) is 6.78. The van der Waals surface area contributed by atoms with E-state index in [-0.39, 0.29) is 17.1 Å². The van der Waals surface area contributed by atoms with E-state index in [1.165, 1.54) is 7.11 Å². The molecule has 2 N–H and O–H groups in total. The van der Waals surface area contributed by atoms with Crippen LogP contribution in [0.25, 0.3) is 0 Å². The first-order chi connectivity index (χ1) is 6.07. The molecule has 0 spiro atoms. The van der Waals surface area contributed by atoms with Crippen molar-refractivity contribution in [3.8, 4) is 5.75 Å². The van der Waals surface area contributed by atoms with Gasteiger partial charge >= 0.3 is 5.69 Å². The summed E-state index contributed by atoms with van der Waals surface area (Å²) in [6.07, 6.45) is 0. The standard InChI is InChI=1S/C7H7FN2O3/c1-13-7-5(10(11)12)3-2-4(8)6(7)9/h2-3H,9H2,1H3. The minimum absolute atomic E-state index is 0.245. The van der Waals surface area contributed by atoms with Gasteiger partial charge in [0.15, 0.2) is 0 Å². The van der Waals surface area contributed by atoms with E-state index in [0.29, 0.717) is 0 Å². The smallest absolute Gasteiger partial charge is 0.313 e. The lowest BCUT2D eigenvalue weighted by Crippen LogP contribution is -2.00. The van der Waals surface area contributed by atoms with Crippen LogP contribution in [-0.4, -0.2) is 12.0 Å². The Labute approximate surface area is 73.1 Å². The van der Waals surface area contributed by atoms with E-state index in [1.807, 2.05) is 0 Å². The molecule has 6 heteroatoms. The second-order valence-electron chi connectivity index (χ2n) is 2.27. The Morgan fingerprint density at radius 3 is 2.69 bits per heavy atom. The minimum atomic E-state index is -0.734. The molecule has 0 aliphatic carbocycles. The molecule has 5 nitrogen and oxygen atoms in total. The van der Waals surface area contributed by atoms with Gasteiger partial charge in [-0.25, -0.2) is 4.39 Å². The first-order valence-electron chi connectivity index (χ1n) is 3.34. The second kappa shape index (κ2) is 3.26. The number of nitrogen functional groups attached to an aromatic ring is 1. The molecule has 0 aliphatic rings. The minimum Gasteiger partial charge on any atom is -0.489 e. The third kappa shape index (κ3) is 1.51. The van der Waals surface area contributed by atoms with Crippen molar-refractivity contribution in [2.45, 2.75) is 0 Å². The summed E-state index contributed by atoms with van der Waals surface area (Å²) in [5.74, 6) is -0.979. The molecule has 0 bridgehead atoms. The molecule has 70 valence electrons. The van der Waals surface area contributed by atoms with Crippen molar-refractivity contribution in [1.29, 1.82) is 0 Å². The van der Waals surface area contributed by atoms with E-state index in [2.05, 4.69) is 4.74 Å². The molecule has 0 saturated carbocycles. The molecule has 0 radical (unpaired) electrons. The average molecular weight is 186 g/mol. The highest BCUT2D eigenvalue weighted by molar-refractivity contribution is 5.64. The molecular formula is C7H7FN2O3. The molecule has 0 heterocycles. The molecule has 0 atom stereocenters. The number of anilines is 1. The number of hydrogen-bond donors (Lipinski definition) is 1. The Kier molecular flexibility index (Phi) is 2.32. The lowest BCUT2D eigenvalue weighted by molar-refractivity contribution is -0.385. The topological polar surface area (TPSA) is 78.4 Å². The summed E-state index contributed by atoms with van der Waals surface area (Å²) in [5.41, 5.74) is 4.53. The molecule has 1 rings (SSSR count).